The Balaban J connectivity index is 1.69. The van der Waals surface area contributed by atoms with Gasteiger partial charge in [0.25, 0.3) is 5.91 Å². The van der Waals surface area contributed by atoms with Gasteiger partial charge in [0.15, 0.2) is 6.61 Å². The van der Waals surface area contributed by atoms with Crippen LogP contribution in [0.15, 0.2) is 24.3 Å². The van der Waals surface area contributed by atoms with Crippen molar-refractivity contribution in [2.75, 3.05) is 26.7 Å². The fourth-order valence-corrected chi connectivity index (χ4v) is 2.09. The van der Waals surface area contributed by atoms with Crippen molar-refractivity contribution in [1.82, 2.24) is 10.6 Å². The number of ether oxygens (including phenoxy) is 1. The predicted octanol–water partition coefficient (Wildman–Crippen LogP) is 1.49. The largest absolute Gasteiger partial charge is 0.484 e. The molecule has 0 aromatic heterocycles. The lowest BCUT2D eigenvalue weighted by Gasteiger charge is -2.15. The van der Waals surface area contributed by atoms with E-state index in [1.54, 1.807) is 0 Å². The van der Waals surface area contributed by atoms with E-state index in [9.17, 15) is 4.79 Å². The van der Waals surface area contributed by atoms with Gasteiger partial charge in [0.05, 0.1) is 0 Å². The van der Waals surface area contributed by atoms with Crippen LogP contribution in [0.3, 0.4) is 0 Å². The van der Waals surface area contributed by atoms with E-state index in [1.165, 1.54) is 18.4 Å². The first-order valence-corrected chi connectivity index (χ1v) is 6.74. The normalized spacial score (nSPS) is 15.9. The van der Waals surface area contributed by atoms with Crippen molar-refractivity contribution in [2.45, 2.75) is 19.8 Å². The Morgan fingerprint density at radius 1 is 1.26 bits per heavy atom. The number of carbonyl (C=O) groups is 1. The summed E-state index contributed by atoms with van der Waals surface area (Å²) in [5.74, 6) is 0.681. The minimum Gasteiger partial charge on any atom is -0.484 e. The Labute approximate surface area is 114 Å². The van der Waals surface area contributed by atoms with E-state index in [4.69, 9.17) is 4.74 Å². The molecule has 0 radical (unpaired) electrons. The molecule has 0 unspecified atom stereocenters. The number of nitrogens with one attached hydrogen (secondary N) is 2. The molecule has 0 heterocycles. The van der Waals surface area contributed by atoms with Gasteiger partial charge < -0.3 is 15.4 Å². The first-order valence-electron chi connectivity index (χ1n) is 6.74. The zero-order valence-electron chi connectivity index (χ0n) is 11.7. The molecule has 1 amide bonds. The molecule has 0 atom stereocenters. The molecule has 0 bridgehead atoms. The monoisotopic (exact) mass is 262 g/mol. The zero-order chi connectivity index (χ0) is 13.7. The van der Waals surface area contributed by atoms with Crippen LogP contribution < -0.4 is 15.4 Å². The lowest BCUT2D eigenvalue weighted by atomic mass is 10.1. The topological polar surface area (TPSA) is 50.4 Å². The van der Waals surface area contributed by atoms with E-state index in [0.717, 1.165) is 18.8 Å². The standard InChI is InChI=1S/C15H22N2O2/c1-12-3-5-13(6-4-12)19-9-14(18)17-11-15(7-8-15)10-16-2/h3-6,16H,7-11H2,1-2H3,(H,17,18). The van der Waals surface area contributed by atoms with Crippen LogP contribution >= 0.6 is 0 Å². The van der Waals surface area contributed by atoms with Gasteiger partial charge in [-0.1, -0.05) is 17.7 Å². The molecule has 1 aromatic carbocycles. The number of rotatable bonds is 7. The number of hydrogen-bond acceptors (Lipinski definition) is 3. The number of aryl methyl sites for hydroxylation is 1. The Morgan fingerprint density at radius 3 is 2.53 bits per heavy atom. The predicted molar refractivity (Wildman–Crippen MR) is 75.3 cm³/mol. The number of amides is 1. The fraction of sp³-hybridized carbons (Fsp3) is 0.533. The average molecular weight is 262 g/mol. The summed E-state index contributed by atoms with van der Waals surface area (Å²) < 4.78 is 5.44. The number of carbonyl (C=O) groups excluding carboxylic acids is 1. The second-order valence-electron chi connectivity index (χ2n) is 5.41. The summed E-state index contributed by atoms with van der Waals surface area (Å²) in [6.07, 6.45) is 2.37. The summed E-state index contributed by atoms with van der Waals surface area (Å²) in [7, 11) is 1.95. The Kier molecular flexibility index (Phi) is 4.43. The summed E-state index contributed by atoms with van der Waals surface area (Å²) in [6, 6.07) is 7.71. The summed E-state index contributed by atoms with van der Waals surface area (Å²) in [6.45, 7) is 3.81. The maximum atomic E-state index is 11.7. The van der Waals surface area contributed by atoms with E-state index < -0.39 is 0 Å². The van der Waals surface area contributed by atoms with Crippen LogP contribution in [0.25, 0.3) is 0 Å². The molecule has 4 nitrogen and oxygen atoms in total. The minimum atomic E-state index is -0.0528. The van der Waals surface area contributed by atoms with Crippen molar-refractivity contribution in [3.05, 3.63) is 29.8 Å². The third-order valence-corrected chi connectivity index (χ3v) is 3.56. The van der Waals surface area contributed by atoms with Gasteiger partial charge in [-0.05, 0) is 38.9 Å². The molecule has 1 fully saturated rings. The first-order chi connectivity index (χ1) is 9.13. The minimum absolute atomic E-state index is 0.0528. The Bertz CT molecular complexity index is 424. The second-order valence-corrected chi connectivity index (χ2v) is 5.41. The molecular weight excluding hydrogens is 240 g/mol. The van der Waals surface area contributed by atoms with Crippen LogP contribution in [0, 0.1) is 12.3 Å². The molecule has 1 saturated carbocycles. The maximum absolute atomic E-state index is 11.7. The number of hydrogen-bond donors (Lipinski definition) is 2. The van der Waals surface area contributed by atoms with Gasteiger partial charge in [-0.25, -0.2) is 0 Å². The van der Waals surface area contributed by atoms with E-state index in [2.05, 4.69) is 10.6 Å². The summed E-state index contributed by atoms with van der Waals surface area (Å²) in [5, 5.41) is 6.12. The molecule has 0 aliphatic heterocycles. The molecule has 1 aliphatic carbocycles. The highest BCUT2D eigenvalue weighted by molar-refractivity contribution is 5.77. The second kappa shape index (κ2) is 6.06. The van der Waals surface area contributed by atoms with Crippen LogP contribution in [0.2, 0.25) is 0 Å². The highest BCUT2D eigenvalue weighted by atomic mass is 16.5. The Hall–Kier alpha value is -1.55. The van der Waals surface area contributed by atoms with E-state index >= 15 is 0 Å². The highest BCUT2D eigenvalue weighted by Crippen LogP contribution is 2.44. The summed E-state index contributed by atoms with van der Waals surface area (Å²) in [4.78, 5) is 11.7. The van der Waals surface area contributed by atoms with Crippen molar-refractivity contribution < 1.29 is 9.53 Å². The fourth-order valence-electron chi connectivity index (χ4n) is 2.09. The molecule has 2 rings (SSSR count). The van der Waals surface area contributed by atoms with Gasteiger partial charge in [-0.3, -0.25) is 4.79 Å². The van der Waals surface area contributed by atoms with Crippen molar-refractivity contribution >= 4 is 5.91 Å². The SMILES string of the molecule is CNCC1(CNC(=O)COc2ccc(C)cc2)CC1. The van der Waals surface area contributed by atoms with Crippen LogP contribution in [-0.2, 0) is 4.79 Å². The maximum Gasteiger partial charge on any atom is 0.257 e. The zero-order valence-corrected chi connectivity index (χ0v) is 11.7. The average Bonchev–Trinajstić information content (AvgIpc) is 3.17. The van der Waals surface area contributed by atoms with Crippen LogP contribution in [0.4, 0.5) is 0 Å². The van der Waals surface area contributed by atoms with Crippen molar-refractivity contribution in [3.63, 3.8) is 0 Å². The summed E-state index contributed by atoms with van der Waals surface area (Å²) >= 11 is 0. The lowest BCUT2D eigenvalue weighted by molar-refractivity contribution is -0.123. The van der Waals surface area contributed by atoms with E-state index in [-0.39, 0.29) is 17.9 Å². The van der Waals surface area contributed by atoms with Gasteiger partial charge in [0, 0.05) is 18.5 Å². The smallest absolute Gasteiger partial charge is 0.257 e. The molecule has 4 heteroatoms. The molecule has 1 aromatic rings. The van der Waals surface area contributed by atoms with Gasteiger partial charge in [-0.2, -0.15) is 0 Å². The molecule has 0 saturated heterocycles. The van der Waals surface area contributed by atoms with Crippen molar-refractivity contribution in [1.29, 1.82) is 0 Å². The quantitative estimate of drug-likeness (QED) is 0.783. The molecule has 104 valence electrons. The number of benzene rings is 1. The lowest BCUT2D eigenvalue weighted by Crippen LogP contribution is -2.37. The van der Waals surface area contributed by atoms with E-state index in [1.807, 2.05) is 38.2 Å². The molecular formula is C15H22N2O2. The van der Waals surface area contributed by atoms with Crippen molar-refractivity contribution in [2.24, 2.45) is 5.41 Å². The van der Waals surface area contributed by atoms with Crippen LogP contribution in [0.5, 0.6) is 5.75 Å². The third-order valence-electron chi connectivity index (χ3n) is 3.56. The molecule has 0 spiro atoms. The van der Waals surface area contributed by atoms with E-state index in [0.29, 0.717) is 0 Å². The summed E-state index contributed by atoms with van der Waals surface area (Å²) in [5.41, 5.74) is 1.47. The molecule has 1 aliphatic rings. The van der Waals surface area contributed by atoms with Crippen molar-refractivity contribution in [3.8, 4) is 5.75 Å². The van der Waals surface area contributed by atoms with Gasteiger partial charge in [0.2, 0.25) is 0 Å². The van der Waals surface area contributed by atoms with Crippen LogP contribution in [-0.4, -0.2) is 32.7 Å². The highest BCUT2D eigenvalue weighted by Gasteiger charge is 2.41. The first kappa shape index (κ1) is 13.9. The van der Waals surface area contributed by atoms with Gasteiger partial charge in [-0.15, -0.1) is 0 Å². The van der Waals surface area contributed by atoms with Crippen LogP contribution in [0.1, 0.15) is 18.4 Å². The van der Waals surface area contributed by atoms with Gasteiger partial charge in [0.1, 0.15) is 5.75 Å². The molecule has 2 N–H and O–H groups in total. The van der Waals surface area contributed by atoms with Gasteiger partial charge >= 0.3 is 0 Å². The Morgan fingerprint density at radius 2 is 1.95 bits per heavy atom. The molecule has 19 heavy (non-hydrogen) atoms. The third kappa shape index (κ3) is 4.24.